The molecule has 2 aromatic rings. The van der Waals surface area contributed by atoms with Crippen LogP contribution in [0.1, 0.15) is 22.2 Å². The summed E-state index contributed by atoms with van der Waals surface area (Å²) in [5, 5.41) is 0. The van der Waals surface area contributed by atoms with E-state index in [4.69, 9.17) is 4.74 Å². The summed E-state index contributed by atoms with van der Waals surface area (Å²) in [4.78, 5) is 30.2. The molecule has 1 aliphatic rings. The summed E-state index contributed by atoms with van der Waals surface area (Å²) in [6.07, 6.45) is 3.08. The molecule has 114 valence electrons. The van der Waals surface area contributed by atoms with Crippen LogP contribution in [0.25, 0.3) is 0 Å². The van der Waals surface area contributed by atoms with Crippen molar-refractivity contribution in [1.82, 2.24) is 14.5 Å². The fraction of sp³-hybridized carbons (Fsp3) is 0.312. The van der Waals surface area contributed by atoms with Gasteiger partial charge >= 0.3 is 0 Å². The number of nitrogens with zero attached hydrogens (tertiary/aromatic N) is 3. The maximum atomic E-state index is 12.5. The average molecular weight is 299 g/mol. The van der Waals surface area contributed by atoms with Gasteiger partial charge in [-0.3, -0.25) is 14.6 Å². The minimum atomic E-state index is -0.231. The first-order valence-corrected chi connectivity index (χ1v) is 7.13. The number of amides is 1. The van der Waals surface area contributed by atoms with Gasteiger partial charge < -0.3 is 14.2 Å². The molecule has 0 unspecified atom stereocenters. The second kappa shape index (κ2) is 6.11. The van der Waals surface area contributed by atoms with E-state index in [2.05, 4.69) is 4.98 Å². The van der Waals surface area contributed by atoms with Gasteiger partial charge in [0.2, 0.25) is 0 Å². The van der Waals surface area contributed by atoms with Gasteiger partial charge in [-0.2, -0.15) is 0 Å². The summed E-state index contributed by atoms with van der Waals surface area (Å²) in [6.45, 7) is 1.40. The van der Waals surface area contributed by atoms with Gasteiger partial charge in [0.05, 0.1) is 18.8 Å². The van der Waals surface area contributed by atoms with E-state index in [0.717, 1.165) is 5.69 Å². The fourth-order valence-corrected chi connectivity index (χ4v) is 2.44. The SMILES string of the molecule is Cn1ccc(C(=O)N2CCO[C@H](c3ccccn3)C2)cc1=O. The highest BCUT2D eigenvalue weighted by molar-refractivity contribution is 5.94. The molecule has 3 rings (SSSR count). The Labute approximate surface area is 128 Å². The molecule has 6 heteroatoms. The summed E-state index contributed by atoms with van der Waals surface area (Å²) in [7, 11) is 1.66. The Morgan fingerprint density at radius 2 is 2.23 bits per heavy atom. The highest BCUT2D eigenvalue weighted by atomic mass is 16.5. The van der Waals surface area contributed by atoms with Crippen LogP contribution in [0.4, 0.5) is 0 Å². The Kier molecular flexibility index (Phi) is 4.02. The third kappa shape index (κ3) is 2.92. The molecule has 0 radical (unpaired) electrons. The van der Waals surface area contributed by atoms with Crippen LogP contribution in [-0.4, -0.2) is 40.1 Å². The number of aromatic nitrogens is 2. The van der Waals surface area contributed by atoms with Gasteiger partial charge in [0.1, 0.15) is 6.10 Å². The van der Waals surface area contributed by atoms with Crippen molar-refractivity contribution in [3.05, 3.63) is 64.3 Å². The molecule has 1 fully saturated rings. The molecular weight excluding hydrogens is 282 g/mol. The Morgan fingerprint density at radius 1 is 1.36 bits per heavy atom. The van der Waals surface area contributed by atoms with Crippen molar-refractivity contribution in [1.29, 1.82) is 0 Å². The van der Waals surface area contributed by atoms with E-state index in [1.165, 1.54) is 10.6 Å². The topological polar surface area (TPSA) is 64.4 Å². The quantitative estimate of drug-likeness (QED) is 0.829. The second-order valence-electron chi connectivity index (χ2n) is 5.23. The molecule has 6 nitrogen and oxygen atoms in total. The third-order valence-electron chi connectivity index (χ3n) is 3.72. The van der Waals surface area contributed by atoms with Crippen molar-refractivity contribution in [2.75, 3.05) is 19.7 Å². The number of carbonyl (C=O) groups is 1. The average Bonchev–Trinajstić information content (AvgIpc) is 2.57. The lowest BCUT2D eigenvalue weighted by Crippen LogP contribution is -2.42. The fourth-order valence-electron chi connectivity index (χ4n) is 2.44. The van der Waals surface area contributed by atoms with E-state index in [1.54, 1.807) is 30.4 Å². The maximum Gasteiger partial charge on any atom is 0.254 e. The Bertz CT molecular complexity index is 727. The molecule has 0 spiro atoms. The van der Waals surface area contributed by atoms with E-state index < -0.39 is 0 Å². The van der Waals surface area contributed by atoms with Crippen LogP contribution in [0.2, 0.25) is 0 Å². The number of hydrogen-bond acceptors (Lipinski definition) is 4. The summed E-state index contributed by atoms with van der Waals surface area (Å²) < 4.78 is 7.14. The monoisotopic (exact) mass is 299 g/mol. The molecule has 1 amide bonds. The van der Waals surface area contributed by atoms with Gasteiger partial charge in [-0.25, -0.2) is 0 Å². The largest absolute Gasteiger partial charge is 0.368 e. The van der Waals surface area contributed by atoms with Crippen molar-refractivity contribution in [2.45, 2.75) is 6.10 Å². The molecule has 3 heterocycles. The second-order valence-corrected chi connectivity index (χ2v) is 5.23. The van der Waals surface area contributed by atoms with E-state index in [1.807, 2.05) is 18.2 Å². The standard InChI is InChI=1S/C16H17N3O3/c1-18-7-5-12(10-15(18)20)16(21)19-8-9-22-14(11-19)13-4-2-3-6-17-13/h2-7,10,14H,8-9,11H2,1H3/t14-/m0/s1. The normalized spacial score (nSPS) is 18.2. The summed E-state index contributed by atoms with van der Waals surface area (Å²) >= 11 is 0. The van der Waals surface area contributed by atoms with Crippen molar-refractivity contribution >= 4 is 5.91 Å². The van der Waals surface area contributed by atoms with Crippen LogP contribution < -0.4 is 5.56 Å². The Morgan fingerprint density at radius 3 is 2.95 bits per heavy atom. The van der Waals surface area contributed by atoms with E-state index >= 15 is 0 Å². The van der Waals surface area contributed by atoms with E-state index in [0.29, 0.717) is 25.3 Å². The maximum absolute atomic E-state index is 12.5. The van der Waals surface area contributed by atoms with Gasteiger partial charge in [0.25, 0.3) is 11.5 Å². The zero-order valence-corrected chi connectivity index (χ0v) is 12.3. The van der Waals surface area contributed by atoms with Gasteiger partial charge in [-0.1, -0.05) is 6.07 Å². The van der Waals surface area contributed by atoms with Crippen molar-refractivity contribution in [3.8, 4) is 0 Å². The van der Waals surface area contributed by atoms with Crippen LogP contribution in [0.3, 0.4) is 0 Å². The van der Waals surface area contributed by atoms with Crippen LogP contribution in [0.5, 0.6) is 0 Å². The molecular formula is C16H17N3O3. The zero-order chi connectivity index (χ0) is 15.5. The number of hydrogen-bond donors (Lipinski definition) is 0. The lowest BCUT2D eigenvalue weighted by molar-refractivity contribution is -0.0247. The summed E-state index contributed by atoms with van der Waals surface area (Å²) in [5.41, 5.74) is 1.02. The lowest BCUT2D eigenvalue weighted by atomic mass is 10.1. The van der Waals surface area contributed by atoms with Gasteiger partial charge in [-0.05, 0) is 18.2 Å². The zero-order valence-electron chi connectivity index (χ0n) is 12.3. The van der Waals surface area contributed by atoms with Gasteiger partial charge in [-0.15, -0.1) is 0 Å². The minimum absolute atomic E-state index is 0.151. The summed E-state index contributed by atoms with van der Waals surface area (Å²) in [5.74, 6) is -0.151. The van der Waals surface area contributed by atoms with Crippen molar-refractivity contribution in [3.63, 3.8) is 0 Å². The van der Waals surface area contributed by atoms with Crippen LogP contribution in [0.15, 0.2) is 47.5 Å². The highest BCUT2D eigenvalue weighted by Gasteiger charge is 2.26. The Balaban J connectivity index is 1.78. The first kappa shape index (κ1) is 14.5. The highest BCUT2D eigenvalue weighted by Crippen LogP contribution is 2.21. The predicted molar refractivity (Wildman–Crippen MR) is 80.5 cm³/mol. The molecule has 1 aliphatic heterocycles. The number of rotatable bonds is 2. The van der Waals surface area contributed by atoms with Crippen LogP contribution >= 0.6 is 0 Å². The molecule has 0 aliphatic carbocycles. The number of morpholine rings is 1. The predicted octanol–water partition coefficient (Wildman–Crippen LogP) is 0.994. The molecule has 0 bridgehead atoms. The first-order valence-electron chi connectivity index (χ1n) is 7.13. The van der Waals surface area contributed by atoms with Crippen molar-refractivity contribution < 1.29 is 9.53 Å². The Hall–Kier alpha value is -2.47. The number of ether oxygens (including phenoxy) is 1. The van der Waals surface area contributed by atoms with Crippen LogP contribution in [0, 0.1) is 0 Å². The van der Waals surface area contributed by atoms with Gasteiger partial charge in [0.15, 0.2) is 0 Å². The number of carbonyl (C=O) groups excluding carboxylic acids is 1. The third-order valence-corrected chi connectivity index (χ3v) is 3.72. The van der Waals surface area contributed by atoms with Crippen molar-refractivity contribution in [2.24, 2.45) is 7.05 Å². The molecule has 1 atom stereocenters. The molecule has 0 N–H and O–H groups in total. The minimum Gasteiger partial charge on any atom is -0.368 e. The van der Waals surface area contributed by atoms with Crippen LogP contribution in [-0.2, 0) is 11.8 Å². The molecule has 2 aromatic heterocycles. The van der Waals surface area contributed by atoms with E-state index in [9.17, 15) is 9.59 Å². The lowest BCUT2D eigenvalue weighted by Gasteiger charge is -2.32. The van der Waals surface area contributed by atoms with Gasteiger partial charge in [0, 0.05) is 37.6 Å². The molecule has 22 heavy (non-hydrogen) atoms. The summed E-state index contributed by atoms with van der Waals surface area (Å²) in [6, 6.07) is 8.65. The van der Waals surface area contributed by atoms with E-state index in [-0.39, 0.29) is 17.6 Å². The smallest absolute Gasteiger partial charge is 0.254 e. The molecule has 1 saturated heterocycles. The molecule has 0 aromatic carbocycles. The first-order chi connectivity index (χ1) is 10.6. The number of aryl methyl sites for hydroxylation is 1. The molecule has 0 saturated carbocycles. The number of pyridine rings is 2.